The van der Waals surface area contributed by atoms with Crippen LogP contribution < -0.4 is 10.6 Å². The number of carbonyl (C=O) groups is 3. The number of esters is 1. The van der Waals surface area contributed by atoms with Crippen LogP contribution >= 0.6 is 11.8 Å². The molecule has 2 amide bonds. The van der Waals surface area contributed by atoms with Gasteiger partial charge in [-0.2, -0.15) is 4.31 Å². The number of sulfonamides is 1. The Morgan fingerprint density at radius 3 is 2.28 bits per heavy atom. The number of nitrogens with one attached hydrogen (secondary N) is 2. The highest BCUT2D eigenvalue weighted by atomic mass is 32.2. The van der Waals surface area contributed by atoms with E-state index in [0.29, 0.717) is 40.9 Å². The molecule has 2 N–H and O–H groups in total. The highest BCUT2D eigenvalue weighted by Gasteiger charge is 2.27. The lowest BCUT2D eigenvalue weighted by molar-refractivity contribution is -0.113. The van der Waals surface area contributed by atoms with Crippen molar-refractivity contribution < 1.29 is 27.5 Å². The summed E-state index contributed by atoms with van der Waals surface area (Å²) < 4.78 is 34.0. The fraction of sp³-hybridized carbons (Fsp3) is 0.303. The Morgan fingerprint density at radius 1 is 0.915 bits per heavy atom. The van der Waals surface area contributed by atoms with E-state index >= 15 is 0 Å². The van der Waals surface area contributed by atoms with Crippen molar-refractivity contribution in [2.75, 3.05) is 30.8 Å². The molecular formula is C33H36N6O6S2. The number of hydrogen-bond acceptors (Lipinski definition) is 9. The third-order valence-corrected chi connectivity index (χ3v) is 10.6. The summed E-state index contributed by atoms with van der Waals surface area (Å²) in [6.07, 6.45) is 1.68. The third kappa shape index (κ3) is 7.89. The molecular weight excluding hydrogens is 641 g/mol. The van der Waals surface area contributed by atoms with Crippen LogP contribution in [0.5, 0.6) is 0 Å². The molecule has 1 saturated heterocycles. The van der Waals surface area contributed by atoms with Gasteiger partial charge in [0.2, 0.25) is 15.9 Å². The van der Waals surface area contributed by atoms with Gasteiger partial charge in [0, 0.05) is 24.3 Å². The molecule has 0 aliphatic carbocycles. The second-order valence-corrected chi connectivity index (χ2v) is 13.8. The highest BCUT2D eigenvalue weighted by Crippen LogP contribution is 2.26. The molecule has 12 nitrogen and oxygen atoms in total. The molecule has 3 aromatic carbocycles. The SMILES string of the molecule is CCOC(=O)c1ccc(NC(=O)CSc2nnc(CNC(=O)c3ccc(S(=O)(=O)N4CCCC4)cc3)n2-c2cccc(C)c2C)cc1. The summed E-state index contributed by atoms with van der Waals surface area (Å²) >= 11 is 1.19. The van der Waals surface area contributed by atoms with E-state index in [1.54, 1.807) is 31.2 Å². The van der Waals surface area contributed by atoms with Crippen LogP contribution in [0.25, 0.3) is 5.69 Å². The summed E-state index contributed by atoms with van der Waals surface area (Å²) in [7, 11) is -3.58. The molecule has 5 rings (SSSR count). The van der Waals surface area contributed by atoms with Crippen LogP contribution in [0, 0.1) is 13.8 Å². The van der Waals surface area contributed by atoms with Gasteiger partial charge in [-0.3, -0.25) is 14.2 Å². The van der Waals surface area contributed by atoms with Crippen molar-refractivity contribution >= 4 is 45.3 Å². The molecule has 0 atom stereocenters. The van der Waals surface area contributed by atoms with E-state index in [-0.39, 0.29) is 29.7 Å². The van der Waals surface area contributed by atoms with E-state index in [0.717, 1.165) is 29.7 Å². The minimum Gasteiger partial charge on any atom is -0.462 e. The first-order valence-corrected chi connectivity index (χ1v) is 17.6. The molecule has 1 fully saturated rings. The average molecular weight is 677 g/mol. The van der Waals surface area contributed by atoms with Crippen molar-refractivity contribution in [1.29, 1.82) is 0 Å². The maximum Gasteiger partial charge on any atom is 0.338 e. The summed E-state index contributed by atoms with van der Waals surface area (Å²) in [5.41, 5.74) is 4.09. The monoisotopic (exact) mass is 676 g/mol. The highest BCUT2D eigenvalue weighted by molar-refractivity contribution is 7.99. The lowest BCUT2D eigenvalue weighted by Crippen LogP contribution is -2.28. The van der Waals surface area contributed by atoms with Crippen LogP contribution in [0.15, 0.2) is 76.8 Å². The number of rotatable bonds is 12. The summed E-state index contributed by atoms with van der Waals surface area (Å²) in [5, 5.41) is 14.8. The number of carbonyl (C=O) groups excluding carboxylic acids is 3. The maximum atomic E-state index is 13.1. The first kappa shape index (κ1) is 33.8. The minimum atomic E-state index is -3.58. The smallest absolute Gasteiger partial charge is 0.338 e. The molecule has 0 radical (unpaired) electrons. The van der Waals surface area contributed by atoms with Crippen LogP contribution in [0.1, 0.15) is 57.4 Å². The predicted octanol–water partition coefficient (Wildman–Crippen LogP) is 4.51. The standard InChI is InChI=1S/C33H36N6O6S2/c1-4-45-32(42)25-10-14-26(15-11-25)35-30(40)21-46-33-37-36-29(39(33)28-9-7-8-22(2)23(28)3)20-34-31(41)24-12-16-27(17-13-24)47(43,44)38-18-5-6-19-38/h7-17H,4-6,18-21H2,1-3H3,(H,34,41)(H,35,40). The van der Waals surface area contributed by atoms with Gasteiger partial charge in [-0.15, -0.1) is 10.2 Å². The maximum absolute atomic E-state index is 13.1. The number of amides is 2. The number of nitrogens with zero attached hydrogens (tertiary/aromatic N) is 4. The fourth-order valence-corrected chi connectivity index (χ4v) is 7.36. The molecule has 1 aliphatic heterocycles. The van der Waals surface area contributed by atoms with Crippen molar-refractivity contribution in [1.82, 2.24) is 24.4 Å². The van der Waals surface area contributed by atoms with Gasteiger partial charge in [-0.25, -0.2) is 13.2 Å². The molecule has 1 aromatic heterocycles. The number of anilines is 1. The number of thioether (sulfide) groups is 1. The van der Waals surface area contributed by atoms with Gasteiger partial charge in [0.15, 0.2) is 11.0 Å². The number of ether oxygens (including phenoxy) is 1. The lowest BCUT2D eigenvalue weighted by atomic mass is 10.1. The van der Waals surface area contributed by atoms with Crippen LogP contribution in [0.4, 0.5) is 5.69 Å². The van der Waals surface area contributed by atoms with Gasteiger partial charge in [0.05, 0.1) is 35.1 Å². The summed E-state index contributed by atoms with van der Waals surface area (Å²) in [5.74, 6) is -0.618. The Bertz CT molecular complexity index is 1870. The van der Waals surface area contributed by atoms with E-state index < -0.39 is 21.9 Å². The number of aromatic nitrogens is 3. The Balaban J connectivity index is 1.28. The first-order valence-electron chi connectivity index (χ1n) is 15.2. The zero-order chi connectivity index (χ0) is 33.6. The Hall–Kier alpha value is -4.53. The second kappa shape index (κ2) is 14.9. The third-order valence-electron chi connectivity index (χ3n) is 7.76. The molecule has 0 bridgehead atoms. The molecule has 1 aliphatic rings. The van der Waals surface area contributed by atoms with Crippen molar-refractivity contribution in [3.05, 3.63) is 94.8 Å². The van der Waals surface area contributed by atoms with E-state index in [1.165, 1.54) is 40.3 Å². The van der Waals surface area contributed by atoms with E-state index in [4.69, 9.17) is 4.74 Å². The van der Waals surface area contributed by atoms with Gasteiger partial charge >= 0.3 is 5.97 Å². The van der Waals surface area contributed by atoms with Crippen LogP contribution in [0.3, 0.4) is 0 Å². The lowest BCUT2D eigenvalue weighted by Gasteiger charge is -2.16. The van der Waals surface area contributed by atoms with E-state index in [1.807, 2.05) is 36.6 Å². The summed E-state index contributed by atoms with van der Waals surface area (Å²) in [4.78, 5) is 38.0. The zero-order valence-corrected chi connectivity index (χ0v) is 28.0. The van der Waals surface area contributed by atoms with Crippen LogP contribution in [-0.4, -0.2) is 70.7 Å². The summed E-state index contributed by atoms with van der Waals surface area (Å²) in [6, 6.07) is 18.2. The molecule has 2 heterocycles. The largest absolute Gasteiger partial charge is 0.462 e. The molecule has 246 valence electrons. The average Bonchev–Trinajstić information content (AvgIpc) is 3.76. The van der Waals surface area contributed by atoms with Gasteiger partial charge in [-0.1, -0.05) is 23.9 Å². The normalized spacial score (nSPS) is 13.3. The fourth-order valence-electron chi connectivity index (χ4n) is 5.08. The Labute approximate surface area is 278 Å². The molecule has 4 aromatic rings. The quantitative estimate of drug-likeness (QED) is 0.163. The van der Waals surface area contributed by atoms with Crippen molar-refractivity contribution in [3.63, 3.8) is 0 Å². The van der Waals surface area contributed by atoms with E-state index in [9.17, 15) is 22.8 Å². The van der Waals surface area contributed by atoms with Gasteiger partial charge in [0.25, 0.3) is 5.91 Å². The Kier molecular flexibility index (Phi) is 10.7. The number of hydrogen-bond donors (Lipinski definition) is 2. The molecule has 0 spiro atoms. The molecule has 0 saturated carbocycles. The zero-order valence-electron chi connectivity index (χ0n) is 26.4. The number of benzene rings is 3. The van der Waals surface area contributed by atoms with Crippen molar-refractivity contribution in [2.45, 2.75) is 50.2 Å². The van der Waals surface area contributed by atoms with Crippen molar-refractivity contribution in [3.8, 4) is 5.69 Å². The first-order chi connectivity index (χ1) is 22.6. The van der Waals surface area contributed by atoms with Crippen molar-refractivity contribution in [2.24, 2.45) is 0 Å². The molecule has 0 unspecified atom stereocenters. The number of aryl methyl sites for hydroxylation is 1. The molecule has 47 heavy (non-hydrogen) atoms. The van der Waals surface area contributed by atoms with Gasteiger partial charge in [0.1, 0.15) is 0 Å². The van der Waals surface area contributed by atoms with Crippen LogP contribution in [-0.2, 0) is 26.1 Å². The topological polar surface area (TPSA) is 153 Å². The Morgan fingerprint density at radius 2 is 1.60 bits per heavy atom. The minimum absolute atomic E-state index is 0.0294. The van der Waals surface area contributed by atoms with Crippen LogP contribution in [0.2, 0.25) is 0 Å². The molecule has 14 heteroatoms. The van der Waals surface area contributed by atoms with Gasteiger partial charge in [-0.05, 0) is 99.3 Å². The summed E-state index contributed by atoms with van der Waals surface area (Å²) in [6.45, 7) is 7.02. The predicted molar refractivity (Wildman–Crippen MR) is 178 cm³/mol. The van der Waals surface area contributed by atoms with Gasteiger partial charge < -0.3 is 15.4 Å². The van der Waals surface area contributed by atoms with E-state index in [2.05, 4.69) is 20.8 Å². The second-order valence-electron chi connectivity index (χ2n) is 10.9.